The summed E-state index contributed by atoms with van der Waals surface area (Å²) in [5.41, 5.74) is 5.33. The monoisotopic (exact) mass is 425 g/mol. The van der Waals surface area contributed by atoms with Crippen molar-refractivity contribution < 1.29 is 14.3 Å². The normalized spacial score (nSPS) is 17.6. The number of benzene rings is 3. The van der Waals surface area contributed by atoms with E-state index in [0.717, 1.165) is 22.6 Å². The van der Waals surface area contributed by atoms with Crippen molar-refractivity contribution in [2.75, 3.05) is 18.7 Å². The number of nitrogens with zero attached hydrogens (tertiary/aromatic N) is 3. The molecule has 0 bridgehead atoms. The number of para-hydroxylation sites is 1. The maximum atomic E-state index is 12.7. The standard InChI is InChI=1S/C26H23N3O3/c1-17-7-9-19(10-8-17)24-15-22(18-11-13-20(32-2)14-12-18)27-29(24)16-28-23-6-4-3-5-21(23)25(30)26(28)31/h3-14,24H,15-16H2,1-2H3/t24-/m0/s1. The minimum absolute atomic E-state index is 0.0386. The Morgan fingerprint density at radius 3 is 2.41 bits per heavy atom. The lowest BCUT2D eigenvalue weighted by Crippen LogP contribution is -2.39. The first kappa shape index (κ1) is 20.0. The second kappa shape index (κ2) is 7.96. The summed E-state index contributed by atoms with van der Waals surface area (Å²) in [6.07, 6.45) is 0.701. The number of anilines is 1. The van der Waals surface area contributed by atoms with Crippen molar-refractivity contribution in [1.29, 1.82) is 0 Å². The molecule has 1 atom stereocenters. The lowest BCUT2D eigenvalue weighted by molar-refractivity contribution is -0.114. The van der Waals surface area contributed by atoms with Crippen LogP contribution in [0.15, 0.2) is 77.9 Å². The Morgan fingerprint density at radius 1 is 0.969 bits per heavy atom. The fourth-order valence-corrected chi connectivity index (χ4v) is 4.26. The van der Waals surface area contributed by atoms with Gasteiger partial charge in [0.05, 0.1) is 30.1 Å². The Morgan fingerprint density at radius 2 is 1.69 bits per heavy atom. The Hall–Kier alpha value is -3.93. The highest BCUT2D eigenvalue weighted by molar-refractivity contribution is 6.52. The van der Waals surface area contributed by atoms with E-state index in [-0.39, 0.29) is 12.7 Å². The number of ketones is 1. The van der Waals surface area contributed by atoms with E-state index in [1.54, 1.807) is 19.2 Å². The largest absolute Gasteiger partial charge is 0.497 e. The number of amides is 1. The Bertz CT molecular complexity index is 1220. The van der Waals surface area contributed by atoms with Crippen LogP contribution < -0.4 is 9.64 Å². The third-order valence-electron chi connectivity index (χ3n) is 6.05. The molecule has 2 aliphatic heterocycles. The average Bonchev–Trinajstić information content (AvgIpc) is 3.35. The number of hydrazone groups is 1. The Kier molecular flexibility index (Phi) is 4.98. The Balaban J connectivity index is 1.50. The number of Topliss-reactive ketones (excluding diaryl/α,β-unsaturated/α-hetero) is 1. The smallest absolute Gasteiger partial charge is 0.301 e. The van der Waals surface area contributed by atoms with E-state index in [4.69, 9.17) is 9.84 Å². The van der Waals surface area contributed by atoms with Crippen LogP contribution in [0.3, 0.4) is 0 Å². The molecule has 2 aliphatic rings. The molecule has 0 saturated carbocycles. The van der Waals surface area contributed by atoms with Crippen LogP contribution in [0.25, 0.3) is 0 Å². The van der Waals surface area contributed by atoms with E-state index in [1.165, 1.54) is 10.5 Å². The highest BCUT2D eigenvalue weighted by atomic mass is 16.5. The van der Waals surface area contributed by atoms with Gasteiger partial charge in [-0.1, -0.05) is 42.0 Å². The summed E-state index contributed by atoms with van der Waals surface area (Å²) in [6.45, 7) is 2.26. The molecule has 5 rings (SSSR count). The van der Waals surface area contributed by atoms with Crippen LogP contribution in [0.4, 0.5) is 5.69 Å². The molecule has 0 spiro atoms. The molecule has 6 nitrogen and oxygen atoms in total. The molecule has 3 aromatic rings. The third-order valence-corrected chi connectivity index (χ3v) is 6.05. The minimum atomic E-state index is -0.512. The SMILES string of the molecule is COc1ccc(C2=NN(CN3C(=O)C(=O)c4ccccc43)[C@H](c3ccc(C)cc3)C2)cc1. The number of rotatable bonds is 5. The highest BCUT2D eigenvalue weighted by Gasteiger charge is 2.39. The molecule has 2 heterocycles. The van der Waals surface area contributed by atoms with Crippen LogP contribution in [0.2, 0.25) is 0 Å². The number of fused-ring (bicyclic) bond motifs is 1. The Labute approximate surface area is 186 Å². The zero-order chi connectivity index (χ0) is 22.2. The van der Waals surface area contributed by atoms with Crippen molar-refractivity contribution in [2.24, 2.45) is 5.10 Å². The van der Waals surface area contributed by atoms with Crippen LogP contribution in [0.1, 0.15) is 39.5 Å². The number of carbonyl (C=O) groups excluding carboxylic acids is 2. The predicted octanol–water partition coefficient (Wildman–Crippen LogP) is 4.34. The zero-order valence-electron chi connectivity index (χ0n) is 18.0. The molecule has 1 amide bonds. The first-order chi connectivity index (χ1) is 15.5. The summed E-state index contributed by atoms with van der Waals surface area (Å²) >= 11 is 0. The van der Waals surface area contributed by atoms with Gasteiger partial charge >= 0.3 is 5.91 Å². The highest BCUT2D eigenvalue weighted by Crippen LogP contribution is 2.36. The van der Waals surface area contributed by atoms with Gasteiger partial charge in [-0.15, -0.1) is 0 Å². The second-order valence-electron chi connectivity index (χ2n) is 8.07. The number of aryl methyl sites for hydroxylation is 1. The van der Waals surface area contributed by atoms with Crippen molar-refractivity contribution in [3.63, 3.8) is 0 Å². The molecule has 0 saturated heterocycles. The van der Waals surface area contributed by atoms with Crippen molar-refractivity contribution in [1.82, 2.24) is 5.01 Å². The fraction of sp³-hybridized carbons (Fsp3) is 0.192. The molecule has 32 heavy (non-hydrogen) atoms. The summed E-state index contributed by atoms with van der Waals surface area (Å²) in [7, 11) is 1.64. The van der Waals surface area contributed by atoms with Gasteiger partial charge in [0, 0.05) is 6.42 Å². The maximum Gasteiger partial charge on any atom is 0.301 e. The molecule has 6 heteroatoms. The third kappa shape index (κ3) is 3.43. The molecule has 3 aromatic carbocycles. The fourth-order valence-electron chi connectivity index (χ4n) is 4.26. The minimum Gasteiger partial charge on any atom is -0.497 e. The van der Waals surface area contributed by atoms with Gasteiger partial charge in [0.2, 0.25) is 0 Å². The molecule has 0 aromatic heterocycles. The zero-order valence-corrected chi connectivity index (χ0v) is 18.0. The number of ether oxygens (including phenoxy) is 1. The van der Waals surface area contributed by atoms with E-state index in [0.29, 0.717) is 17.7 Å². The lowest BCUT2D eigenvalue weighted by Gasteiger charge is -2.28. The van der Waals surface area contributed by atoms with Crippen LogP contribution in [-0.2, 0) is 4.79 Å². The summed E-state index contributed by atoms with van der Waals surface area (Å²) in [4.78, 5) is 26.7. The quantitative estimate of drug-likeness (QED) is 0.571. The predicted molar refractivity (Wildman–Crippen MR) is 123 cm³/mol. The van der Waals surface area contributed by atoms with Gasteiger partial charge in [0.15, 0.2) is 0 Å². The van der Waals surface area contributed by atoms with Gasteiger partial charge in [-0.25, -0.2) is 0 Å². The molecule has 160 valence electrons. The number of hydrogen-bond donors (Lipinski definition) is 0. The molecule has 0 unspecified atom stereocenters. The van der Waals surface area contributed by atoms with E-state index in [2.05, 4.69) is 31.2 Å². The summed E-state index contributed by atoms with van der Waals surface area (Å²) in [5.74, 6) is -0.190. The maximum absolute atomic E-state index is 12.7. The van der Waals surface area contributed by atoms with Gasteiger partial charge in [-0.05, 0) is 54.4 Å². The van der Waals surface area contributed by atoms with Gasteiger partial charge in [0.25, 0.3) is 5.78 Å². The van der Waals surface area contributed by atoms with Gasteiger partial charge in [-0.3, -0.25) is 19.5 Å². The lowest BCUT2D eigenvalue weighted by atomic mass is 9.98. The van der Waals surface area contributed by atoms with Crippen molar-refractivity contribution in [2.45, 2.75) is 19.4 Å². The molecular weight excluding hydrogens is 402 g/mol. The molecule has 0 aliphatic carbocycles. The van der Waals surface area contributed by atoms with E-state index >= 15 is 0 Å². The number of carbonyl (C=O) groups is 2. The van der Waals surface area contributed by atoms with Crippen molar-refractivity contribution >= 4 is 23.1 Å². The molecule has 0 N–H and O–H groups in total. The first-order valence-corrected chi connectivity index (χ1v) is 10.6. The van der Waals surface area contributed by atoms with Gasteiger partial charge in [-0.2, -0.15) is 5.10 Å². The van der Waals surface area contributed by atoms with Crippen LogP contribution in [0, 0.1) is 6.92 Å². The van der Waals surface area contributed by atoms with Gasteiger partial charge in [0.1, 0.15) is 12.4 Å². The van der Waals surface area contributed by atoms with Crippen LogP contribution in [-0.4, -0.2) is 36.2 Å². The van der Waals surface area contributed by atoms with E-state index < -0.39 is 11.7 Å². The topological polar surface area (TPSA) is 62.2 Å². The van der Waals surface area contributed by atoms with E-state index in [9.17, 15) is 9.59 Å². The van der Waals surface area contributed by atoms with Gasteiger partial charge < -0.3 is 4.74 Å². The summed E-state index contributed by atoms with van der Waals surface area (Å²) in [6, 6.07) is 23.3. The van der Waals surface area contributed by atoms with Crippen LogP contribution >= 0.6 is 0 Å². The summed E-state index contributed by atoms with van der Waals surface area (Å²) in [5, 5.41) is 6.81. The molecule has 0 radical (unpaired) electrons. The number of methoxy groups -OCH3 is 1. The molecular formula is C26H23N3O3. The van der Waals surface area contributed by atoms with Crippen molar-refractivity contribution in [3.8, 4) is 5.75 Å². The average molecular weight is 425 g/mol. The van der Waals surface area contributed by atoms with Crippen molar-refractivity contribution in [3.05, 3.63) is 95.1 Å². The summed E-state index contributed by atoms with van der Waals surface area (Å²) < 4.78 is 5.27. The number of hydrogen-bond acceptors (Lipinski definition) is 5. The molecule has 0 fully saturated rings. The second-order valence-corrected chi connectivity index (χ2v) is 8.07. The van der Waals surface area contributed by atoms with Crippen LogP contribution in [0.5, 0.6) is 5.75 Å². The van der Waals surface area contributed by atoms with E-state index in [1.807, 2.05) is 41.4 Å². The first-order valence-electron chi connectivity index (χ1n) is 10.6.